The van der Waals surface area contributed by atoms with Crippen LogP contribution in [0.15, 0.2) is 30.0 Å². The van der Waals surface area contributed by atoms with Crippen molar-refractivity contribution in [3.63, 3.8) is 0 Å². The molecule has 1 aliphatic heterocycles. The molecule has 2 rings (SSSR count). The van der Waals surface area contributed by atoms with Crippen LogP contribution in [-0.4, -0.2) is 6.04 Å². The van der Waals surface area contributed by atoms with Gasteiger partial charge in [0.1, 0.15) is 0 Å². The van der Waals surface area contributed by atoms with E-state index in [9.17, 15) is 13.2 Å². The van der Waals surface area contributed by atoms with Crippen LogP contribution in [-0.2, 0) is 20.4 Å². The summed E-state index contributed by atoms with van der Waals surface area (Å²) in [4.78, 5) is 1.48. The fourth-order valence-electron chi connectivity index (χ4n) is 1.85. The van der Waals surface area contributed by atoms with Gasteiger partial charge < -0.3 is 0 Å². The third-order valence-corrected chi connectivity index (χ3v) is 3.54. The Hall–Kier alpha value is -0.996. The summed E-state index contributed by atoms with van der Waals surface area (Å²) in [5.74, 6) is -2.60. The second-order valence-electron chi connectivity index (χ2n) is 4.26. The van der Waals surface area contributed by atoms with Gasteiger partial charge in [0, 0.05) is 0 Å². The zero-order valence-corrected chi connectivity index (χ0v) is 11.5. The molecular weight excluding hydrogens is 275 g/mol. The van der Waals surface area contributed by atoms with Crippen molar-refractivity contribution < 1.29 is 33.6 Å². The molecular formula is C13H11F3NTi. The zero-order valence-electron chi connectivity index (χ0n) is 9.97. The summed E-state index contributed by atoms with van der Waals surface area (Å²) in [5.41, 5.74) is 0.680. The van der Waals surface area contributed by atoms with Gasteiger partial charge in [0.05, 0.1) is 0 Å². The van der Waals surface area contributed by atoms with E-state index in [0.29, 0.717) is 0 Å². The van der Waals surface area contributed by atoms with Crippen LogP contribution in [0.3, 0.4) is 0 Å². The minimum atomic E-state index is -0.887. The van der Waals surface area contributed by atoms with Gasteiger partial charge >= 0.3 is 115 Å². The topological polar surface area (TPSA) is 3.24 Å². The standard InChI is InChI=1S/C13H11F3N.Ti/c1-8-3-4-9(2)17(7-8)13-11(15)5-10(14)6-12(13)16;/h3-5,7,9H,1-2H3;. The third kappa shape index (κ3) is 2.27. The third-order valence-electron chi connectivity index (χ3n) is 2.82. The van der Waals surface area contributed by atoms with Crippen molar-refractivity contribution in [1.29, 1.82) is 0 Å². The van der Waals surface area contributed by atoms with Crippen LogP contribution in [0.2, 0.25) is 0 Å². The van der Waals surface area contributed by atoms with Gasteiger partial charge in [0.2, 0.25) is 0 Å². The van der Waals surface area contributed by atoms with Crippen LogP contribution in [0.5, 0.6) is 0 Å². The summed E-state index contributed by atoms with van der Waals surface area (Å²) in [6, 6.07) is 0.546. The molecule has 0 aromatic heterocycles. The molecule has 1 aliphatic rings. The van der Waals surface area contributed by atoms with Gasteiger partial charge in [-0.25, -0.2) is 0 Å². The first-order valence-electron chi connectivity index (χ1n) is 5.46. The number of benzene rings is 1. The zero-order chi connectivity index (χ0) is 13.4. The Balaban J connectivity index is 2.58. The molecule has 1 unspecified atom stereocenters. The molecule has 93 valence electrons. The number of nitrogens with zero attached hydrogens (tertiary/aromatic N) is 1. The van der Waals surface area contributed by atoms with E-state index in [1.807, 2.05) is 26.0 Å². The Kier molecular flexibility index (Phi) is 3.69. The Morgan fingerprint density at radius 2 is 1.89 bits per heavy atom. The molecule has 0 N–H and O–H groups in total. The van der Waals surface area contributed by atoms with Crippen LogP contribution in [0, 0.1) is 17.5 Å². The molecule has 0 saturated carbocycles. The van der Waals surface area contributed by atoms with E-state index < -0.39 is 17.5 Å². The molecule has 5 heteroatoms. The van der Waals surface area contributed by atoms with E-state index in [0.717, 1.165) is 11.6 Å². The average Bonchev–Trinajstić information content (AvgIpc) is 2.31. The Morgan fingerprint density at radius 3 is 2.56 bits per heavy atom. The van der Waals surface area contributed by atoms with Gasteiger partial charge in [-0.2, -0.15) is 0 Å². The summed E-state index contributed by atoms with van der Waals surface area (Å²) in [7, 11) is 0. The Morgan fingerprint density at radius 1 is 1.22 bits per heavy atom. The minimum absolute atomic E-state index is 0.167. The van der Waals surface area contributed by atoms with Crippen LogP contribution in [0.4, 0.5) is 18.9 Å². The second-order valence-corrected chi connectivity index (χ2v) is 5.04. The molecule has 0 aliphatic carbocycles. The fraction of sp³-hybridized carbons (Fsp3) is 0.231. The van der Waals surface area contributed by atoms with Crippen LogP contribution >= 0.6 is 0 Å². The quantitative estimate of drug-likeness (QED) is 0.717. The van der Waals surface area contributed by atoms with E-state index in [1.54, 1.807) is 6.20 Å². The first kappa shape index (κ1) is 13.4. The van der Waals surface area contributed by atoms with Crippen molar-refractivity contribution in [2.75, 3.05) is 4.90 Å². The van der Waals surface area contributed by atoms with Crippen LogP contribution in [0.25, 0.3) is 0 Å². The van der Waals surface area contributed by atoms with Crippen molar-refractivity contribution >= 4 is 9.56 Å². The van der Waals surface area contributed by atoms with Gasteiger partial charge in [0.25, 0.3) is 0 Å². The predicted molar refractivity (Wildman–Crippen MR) is 60.8 cm³/mol. The first-order chi connectivity index (χ1) is 8.41. The molecule has 0 saturated heterocycles. The SMILES string of the molecule is CC1=CN(c2c(F)cc(F)[c]([Ti])c2F)C(C)C=C1. The maximum atomic E-state index is 14.0. The molecule has 0 fully saturated rings. The van der Waals surface area contributed by atoms with Gasteiger partial charge in [0.15, 0.2) is 0 Å². The van der Waals surface area contributed by atoms with Crippen molar-refractivity contribution in [3.05, 3.63) is 47.4 Å². The molecule has 0 amide bonds. The number of hydrogen-bond acceptors (Lipinski definition) is 1. The van der Waals surface area contributed by atoms with Gasteiger partial charge in [-0.3, -0.25) is 0 Å². The average molecular weight is 286 g/mol. The second kappa shape index (κ2) is 4.94. The van der Waals surface area contributed by atoms with Gasteiger partial charge in [-0.15, -0.1) is 0 Å². The molecule has 0 spiro atoms. The van der Waals surface area contributed by atoms with E-state index in [4.69, 9.17) is 0 Å². The number of anilines is 1. The number of allylic oxidation sites excluding steroid dienone is 2. The molecule has 0 radical (unpaired) electrons. The Bertz CT molecular complexity index is 552. The Labute approximate surface area is 115 Å². The predicted octanol–water partition coefficient (Wildman–Crippen LogP) is 2.94. The summed E-state index contributed by atoms with van der Waals surface area (Å²) >= 11 is 1.30. The molecule has 1 heterocycles. The van der Waals surface area contributed by atoms with Crippen molar-refractivity contribution in [3.8, 4) is 0 Å². The molecule has 18 heavy (non-hydrogen) atoms. The van der Waals surface area contributed by atoms with Crippen molar-refractivity contribution in [2.45, 2.75) is 19.9 Å². The summed E-state index contributed by atoms with van der Waals surface area (Å²) in [6.07, 6.45) is 5.38. The van der Waals surface area contributed by atoms with Crippen molar-refractivity contribution in [2.24, 2.45) is 0 Å². The number of hydrogen-bond donors (Lipinski definition) is 0. The monoisotopic (exact) mass is 286 g/mol. The van der Waals surface area contributed by atoms with Crippen molar-refractivity contribution in [1.82, 2.24) is 0 Å². The number of rotatable bonds is 1. The van der Waals surface area contributed by atoms with E-state index in [-0.39, 0.29) is 15.6 Å². The maximum absolute atomic E-state index is 14.0. The molecule has 0 bridgehead atoms. The first-order valence-corrected chi connectivity index (χ1v) is 6.24. The molecule has 1 aromatic rings. The molecule has 1 nitrogen and oxygen atoms in total. The number of halogens is 3. The summed E-state index contributed by atoms with van der Waals surface area (Å²) in [6.45, 7) is 3.65. The van der Waals surface area contributed by atoms with Gasteiger partial charge in [-0.05, 0) is 0 Å². The van der Waals surface area contributed by atoms with Crippen LogP contribution in [0.1, 0.15) is 13.8 Å². The molecule has 1 atom stereocenters. The van der Waals surface area contributed by atoms with Crippen LogP contribution < -0.4 is 8.77 Å². The molecule has 1 aromatic carbocycles. The van der Waals surface area contributed by atoms with E-state index >= 15 is 0 Å². The summed E-state index contributed by atoms with van der Waals surface area (Å²) in [5, 5.41) is 0. The summed E-state index contributed by atoms with van der Waals surface area (Å²) < 4.78 is 40.9. The van der Waals surface area contributed by atoms with E-state index in [2.05, 4.69) is 0 Å². The normalized spacial score (nSPS) is 19.0. The van der Waals surface area contributed by atoms with E-state index in [1.165, 1.54) is 25.3 Å². The fourth-order valence-corrected chi connectivity index (χ4v) is 2.15. The van der Waals surface area contributed by atoms with Gasteiger partial charge in [-0.1, -0.05) is 0 Å².